The van der Waals surface area contributed by atoms with E-state index in [4.69, 9.17) is 19.2 Å². The van der Waals surface area contributed by atoms with Crippen LogP contribution in [0.4, 0.5) is 0 Å². The van der Waals surface area contributed by atoms with Crippen molar-refractivity contribution in [2.24, 2.45) is 5.92 Å². The summed E-state index contributed by atoms with van der Waals surface area (Å²) in [4.78, 5) is 27.2. The van der Waals surface area contributed by atoms with E-state index in [1.807, 2.05) is 0 Å². The quantitative estimate of drug-likeness (QED) is 0.313. The Hall–Kier alpha value is -2.00. The van der Waals surface area contributed by atoms with Gasteiger partial charge in [-0.15, -0.1) is 0 Å². The smallest absolute Gasteiger partial charge is 0.332 e. The molecule has 158 valence electrons. The predicted molar refractivity (Wildman–Crippen MR) is 98.3 cm³/mol. The topological polar surface area (TPSA) is 124 Å². The molecule has 0 bridgehead atoms. The lowest BCUT2D eigenvalue weighted by Crippen LogP contribution is -2.21. The zero-order valence-electron chi connectivity index (χ0n) is 16.5. The van der Waals surface area contributed by atoms with Crippen molar-refractivity contribution in [2.75, 3.05) is 13.2 Å². The molecule has 1 aromatic heterocycles. The van der Waals surface area contributed by atoms with E-state index in [9.17, 15) is 9.59 Å². The average molecular weight is 397 g/mol. The van der Waals surface area contributed by atoms with Crippen molar-refractivity contribution in [3.05, 3.63) is 11.7 Å². The Morgan fingerprint density at radius 2 is 2.11 bits per heavy atom. The molecular weight excluding hydrogens is 366 g/mol. The van der Waals surface area contributed by atoms with Gasteiger partial charge in [0, 0.05) is 12.3 Å². The van der Waals surface area contributed by atoms with Crippen LogP contribution in [0.1, 0.15) is 82.3 Å². The van der Waals surface area contributed by atoms with Gasteiger partial charge in [0.15, 0.2) is 5.82 Å². The number of nitrogens with zero attached hydrogens (tertiary/aromatic N) is 2. The second-order valence-electron chi connectivity index (χ2n) is 7.22. The molecule has 1 aliphatic carbocycles. The third-order valence-corrected chi connectivity index (χ3v) is 5.04. The molecule has 1 atom stereocenters. The largest absolute Gasteiger partial charge is 0.464 e. The molecule has 2 rings (SSSR count). The Balaban J connectivity index is 1.84. The molecule has 1 aliphatic rings. The second-order valence-corrected chi connectivity index (χ2v) is 7.22. The van der Waals surface area contributed by atoms with E-state index < -0.39 is 11.9 Å². The summed E-state index contributed by atoms with van der Waals surface area (Å²) < 4.78 is 15.3. The summed E-state index contributed by atoms with van der Waals surface area (Å²) in [6.07, 6.45) is 9.40. The summed E-state index contributed by atoms with van der Waals surface area (Å²) in [5.41, 5.74) is 1.67. The minimum absolute atomic E-state index is 0.0172. The van der Waals surface area contributed by atoms with Crippen molar-refractivity contribution in [1.29, 1.82) is 0 Å². The summed E-state index contributed by atoms with van der Waals surface area (Å²) in [6.45, 7) is 1.85. The number of aromatic nitrogens is 2. The third-order valence-electron chi connectivity index (χ3n) is 5.04. The fourth-order valence-corrected chi connectivity index (χ4v) is 3.63. The third kappa shape index (κ3) is 7.93. The van der Waals surface area contributed by atoms with Gasteiger partial charge in [0.25, 0.3) is 0 Å². The molecule has 9 heteroatoms. The Kier molecular flexibility index (Phi) is 9.92. The molecule has 0 aromatic carbocycles. The number of rotatable bonds is 12. The first-order chi connectivity index (χ1) is 13.6. The Labute approximate surface area is 165 Å². The first-order valence-corrected chi connectivity index (χ1v) is 10.1. The van der Waals surface area contributed by atoms with E-state index in [0.717, 1.165) is 25.2 Å². The minimum Gasteiger partial charge on any atom is -0.464 e. The van der Waals surface area contributed by atoms with Crippen molar-refractivity contribution >= 4 is 11.9 Å². The van der Waals surface area contributed by atoms with Crippen LogP contribution in [0.15, 0.2) is 4.52 Å². The van der Waals surface area contributed by atoms with Gasteiger partial charge in [-0.25, -0.2) is 10.3 Å². The summed E-state index contributed by atoms with van der Waals surface area (Å²) in [5, 5.41) is 12.7. The lowest BCUT2D eigenvalue weighted by Gasteiger charge is -2.22. The van der Waals surface area contributed by atoms with Crippen LogP contribution < -0.4 is 5.48 Å². The van der Waals surface area contributed by atoms with Crippen LogP contribution in [-0.2, 0) is 25.7 Å². The molecule has 0 aliphatic heterocycles. The van der Waals surface area contributed by atoms with E-state index in [2.05, 4.69) is 10.1 Å². The highest BCUT2D eigenvalue weighted by atomic mass is 16.6. The highest BCUT2D eigenvalue weighted by molar-refractivity contribution is 5.75. The normalized spacial score (nSPS) is 15.9. The van der Waals surface area contributed by atoms with Crippen LogP contribution in [0.25, 0.3) is 0 Å². The number of carbonyl (C=O) groups is 2. The van der Waals surface area contributed by atoms with E-state index in [-0.39, 0.29) is 25.6 Å². The fraction of sp³-hybridized carbons (Fsp3) is 0.789. The van der Waals surface area contributed by atoms with Crippen LogP contribution >= 0.6 is 0 Å². The lowest BCUT2D eigenvalue weighted by molar-refractivity contribution is -0.149. The maximum Gasteiger partial charge on any atom is 0.332 e. The average Bonchev–Trinajstić information content (AvgIpc) is 3.17. The Bertz CT molecular complexity index is 600. The van der Waals surface area contributed by atoms with Crippen molar-refractivity contribution in [3.63, 3.8) is 0 Å². The van der Waals surface area contributed by atoms with E-state index >= 15 is 0 Å². The SMILES string of the molecule is CCOC(=O)COCc1noc(C(CCCC2CCCCC2)CC(=O)NO)n1. The highest BCUT2D eigenvalue weighted by Crippen LogP contribution is 2.31. The van der Waals surface area contributed by atoms with Crippen molar-refractivity contribution < 1.29 is 28.8 Å². The zero-order chi connectivity index (χ0) is 20.2. The van der Waals surface area contributed by atoms with Gasteiger partial charge in [-0.3, -0.25) is 10.0 Å². The first-order valence-electron chi connectivity index (χ1n) is 10.1. The molecule has 1 fully saturated rings. The minimum atomic E-state index is -0.485. The number of esters is 1. The number of hydrogen-bond acceptors (Lipinski definition) is 8. The molecule has 28 heavy (non-hydrogen) atoms. The highest BCUT2D eigenvalue weighted by Gasteiger charge is 2.23. The van der Waals surface area contributed by atoms with Gasteiger partial charge in [-0.2, -0.15) is 4.98 Å². The molecular formula is C19H31N3O6. The number of nitrogens with one attached hydrogen (secondary N) is 1. The molecule has 1 saturated carbocycles. The molecule has 0 radical (unpaired) electrons. The number of carbonyl (C=O) groups excluding carboxylic acids is 2. The fourth-order valence-electron chi connectivity index (χ4n) is 3.63. The van der Waals surface area contributed by atoms with E-state index in [0.29, 0.717) is 18.3 Å². The van der Waals surface area contributed by atoms with E-state index in [1.165, 1.54) is 32.1 Å². The summed E-state index contributed by atoms with van der Waals surface area (Å²) in [7, 11) is 0. The molecule has 2 N–H and O–H groups in total. The Morgan fingerprint density at radius 1 is 1.32 bits per heavy atom. The predicted octanol–water partition coefficient (Wildman–Crippen LogP) is 2.88. The summed E-state index contributed by atoms with van der Waals surface area (Å²) >= 11 is 0. The van der Waals surface area contributed by atoms with Gasteiger partial charge in [0.1, 0.15) is 13.2 Å². The van der Waals surface area contributed by atoms with Gasteiger partial charge in [-0.1, -0.05) is 50.1 Å². The van der Waals surface area contributed by atoms with Gasteiger partial charge >= 0.3 is 5.97 Å². The molecule has 1 heterocycles. The van der Waals surface area contributed by atoms with Crippen LogP contribution in [0.2, 0.25) is 0 Å². The van der Waals surface area contributed by atoms with Crippen molar-refractivity contribution in [1.82, 2.24) is 15.6 Å². The van der Waals surface area contributed by atoms with Crippen LogP contribution in [0.5, 0.6) is 0 Å². The maximum absolute atomic E-state index is 11.6. The van der Waals surface area contributed by atoms with Gasteiger partial charge in [0.2, 0.25) is 11.8 Å². The first kappa shape index (κ1) is 22.3. The molecule has 1 aromatic rings. The van der Waals surface area contributed by atoms with E-state index in [1.54, 1.807) is 12.4 Å². The van der Waals surface area contributed by atoms with Gasteiger partial charge < -0.3 is 14.0 Å². The van der Waals surface area contributed by atoms with Gasteiger partial charge in [0.05, 0.1) is 6.61 Å². The van der Waals surface area contributed by atoms with Crippen LogP contribution in [0, 0.1) is 5.92 Å². The lowest BCUT2D eigenvalue weighted by atomic mass is 9.84. The monoisotopic (exact) mass is 397 g/mol. The maximum atomic E-state index is 11.6. The molecule has 0 spiro atoms. The number of hydrogen-bond donors (Lipinski definition) is 2. The molecule has 1 amide bonds. The van der Waals surface area contributed by atoms with Crippen LogP contribution in [-0.4, -0.2) is 40.4 Å². The Morgan fingerprint density at radius 3 is 2.82 bits per heavy atom. The van der Waals surface area contributed by atoms with Crippen molar-refractivity contribution in [2.45, 2.75) is 77.2 Å². The summed E-state index contributed by atoms with van der Waals surface area (Å²) in [6, 6.07) is 0. The number of ether oxygens (including phenoxy) is 2. The standard InChI is InChI=1S/C19H31N3O6/c1-2-27-18(24)13-26-12-16-20-19(28-22-16)15(11-17(23)21-25)10-6-9-14-7-4-3-5-8-14/h14-15,25H,2-13H2,1H3,(H,21,23). The molecule has 0 saturated heterocycles. The van der Waals surface area contributed by atoms with Crippen LogP contribution in [0.3, 0.4) is 0 Å². The summed E-state index contributed by atoms with van der Waals surface area (Å²) in [5.74, 6) is 0.216. The van der Waals surface area contributed by atoms with Crippen molar-refractivity contribution in [3.8, 4) is 0 Å². The number of amides is 1. The zero-order valence-corrected chi connectivity index (χ0v) is 16.5. The second kappa shape index (κ2) is 12.5. The molecule has 9 nitrogen and oxygen atoms in total. The van der Waals surface area contributed by atoms with Gasteiger partial charge in [-0.05, 0) is 19.3 Å². The molecule has 1 unspecified atom stereocenters. The number of hydroxylamine groups is 1.